The molecule has 4 N–H and O–H groups in total. The number of hydrogen-bond acceptors (Lipinski definition) is 3. The molecule has 0 atom stereocenters. The van der Waals surface area contributed by atoms with Gasteiger partial charge in [0, 0.05) is 18.2 Å². The third-order valence-electron chi connectivity index (χ3n) is 3.40. The molecule has 0 unspecified atom stereocenters. The first kappa shape index (κ1) is 12.9. The van der Waals surface area contributed by atoms with E-state index in [-0.39, 0.29) is 11.8 Å². The predicted molar refractivity (Wildman–Crippen MR) is 73.2 cm³/mol. The molecule has 0 saturated carbocycles. The predicted octanol–water partition coefficient (Wildman–Crippen LogP) is 0.927. The normalized spacial score (nSPS) is 16.4. The van der Waals surface area contributed by atoms with Crippen LogP contribution in [0.15, 0.2) is 24.3 Å². The lowest BCUT2D eigenvalue weighted by molar-refractivity contribution is -0.125. The quantitative estimate of drug-likeness (QED) is 0.693. The molecule has 1 aliphatic rings. The Hall–Kier alpha value is -1.55. The third kappa shape index (κ3) is 3.74. The molecule has 4 nitrogen and oxygen atoms in total. The fraction of sp³-hybridized carbons (Fsp3) is 0.500. The number of nitrogen functional groups attached to an aromatic ring is 1. The second-order valence-electron chi connectivity index (χ2n) is 4.81. The van der Waals surface area contributed by atoms with Gasteiger partial charge >= 0.3 is 0 Å². The number of nitrogens with two attached hydrogens (primary N) is 1. The molecule has 1 heterocycles. The third-order valence-corrected chi connectivity index (χ3v) is 3.40. The van der Waals surface area contributed by atoms with Crippen molar-refractivity contribution in [1.29, 1.82) is 0 Å². The molecular weight excluding hydrogens is 226 g/mol. The van der Waals surface area contributed by atoms with Crippen LogP contribution >= 0.6 is 0 Å². The summed E-state index contributed by atoms with van der Waals surface area (Å²) in [4.78, 5) is 11.9. The van der Waals surface area contributed by atoms with Crippen molar-refractivity contribution in [2.24, 2.45) is 5.92 Å². The molecule has 0 bridgehead atoms. The van der Waals surface area contributed by atoms with E-state index in [1.807, 2.05) is 24.3 Å². The molecule has 4 heteroatoms. The minimum absolute atomic E-state index is 0.192. The molecule has 0 spiro atoms. The summed E-state index contributed by atoms with van der Waals surface area (Å²) in [6, 6.07) is 7.80. The maximum absolute atomic E-state index is 11.9. The maximum atomic E-state index is 11.9. The topological polar surface area (TPSA) is 67.1 Å². The van der Waals surface area contributed by atoms with Crippen LogP contribution in [0, 0.1) is 5.92 Å². The summed E-state index contributed by atoms with van der Waals surface area (Å²) in [6.45, 7) is 2.61. The zero-order valence-electron chi connectivity index (χ0n) is 10.6. The Morgan fingerprint density at radius 1 is 1.28 bits per heavy atom. The first-order valence-corrected chi connectivity index (χ1v) is 6.58. The van der Waals surface area contributed by atoms with E-state index in [4.69, 9.17) is 5.73 Å². The van der Waals surface area contributed by atoms with Gasteiger partial charge in [-0.25, -0.2) is 0 Å². The number of carbonyl (C=O) groups is 1. The van der Waals surface area contributed by atoms with Crippen LogP contribution in [0.4, 0.5) is 5.69 Å². The van der Waals surface area contributed by atoms with E-state index in [0.717, 1.165) is 38.0 Å². The van der Waals surface area contributed by atoms with E-state index in [1.54, 1.807) is 0 Å². The second kappa shape index (κ2) is 6.40. The number of benzene rings is 1. The molecule has 0 aromatic heterocycles. The van der Waals surface area contributed by atoms with E-state index in [0.29, 0.717) is 6.54 Å². The molecule has 1 fully saturated rings. The van der Waals surface area contributed by atoms with E-state index in [2.05, 4.69) is 10.6 Å². The van der Waals surface area contributed by atoms with Gasteiger partial charge in [0.1, 0.15) is 0 Å². The Morgan fingerprint density at radius 3 is 2.61 bits per heavy atom. The number of anilines is 1. The molecule has 0 radical (unpaired) electrons. The molecule has 1 aromatic carbocycles. The standard InChI is InChI=1S/C14H21N3O/c15-13-3-1-11(2-4-13)5-10-17-14(18)12-6-8-16-9-7-12/h1-4,12,16H,5-10,15H2,(H,17,18). The molecule has 1 saturated heterocycles. The van der Waals surface area contributed by atoms with Crippen LogP contribution in [-0.2, 0) is 11.2 Å². The van der Waals surface area contributed by atoms with E-state index < -0.39 is 0 Å². The fourth-order valence-corrected chi connectivity index (χ4v) is 2.24. The van der Waals surface area contributed by atoms with Gasteiger partial charge in [-0.1, -0.05) is 12.1 Å². The Kier molecular flexibility index (Phi) is 4.59. The van der Waals surface area contributed by atoms with E-state index in [9.17, 15) is 4.79 Å². The molecule has 2 rings (SSSR count). The van der Waals surface area contributed by atoms with Gasteiger partial charge in [0.15, 0.2) is 0 Å². The summed E-state index contributed by atoms with van der Waals surface area (Å²) in [7, 11) is 0. The number of carbonyl (C=O) groups excluding carboxylic acids is 1. The van der Waals surface area contributed by atoms with E-state index >= 15 is 0 Å². The van der Waals surface area contributed by atoms with Crippen LogP contribution in [0.25, 0.3) is 0 Å². The van der Waals surface area contributed by atoms with Gasteiger partial charge in [-0.05, 0) is 50.0 Å². The van der Waals surface area contributed by atoms with Crippen LogP contribution in [0.5, 0.6) is 0 Å². The van der Waals surface area contributed by atoms with Gasteiger partial charge in [-0.2, -0.15) is 0 Å². The molecule has 1 aliphatic heterocycles. The summed E-state index contributed by atoms with van der Waals surface area (Å²) < 4.78 is 0. The van der Waals surface area contributed by atoms with Gasteiger partial charge in [0.2, 0.25) is 5.91 Å². The highest BCUT2D eigenvalue weighted by atomic mass is 16.1. The first-order chi connectivity index (χ1) is 8.75. The lowest BCUT2D eigenvalue weighted by atomic mass is 9.97. The molecule has 1 amide bonds. The van der Waals surface area contributed by atoms with Gasteiger partial charge in [-0.15, -0.1) is 0 Å². The van der Waals surface area contributed by atoms with Crippen molar-refractivity contribution in [3.05, 3.63) is 29.8 Å². The monoisotopic (exact) mass is 247 g/mol. The highest BCUT2D eigenvalue weighted by Gasteiger charge is 2.19. The molecular formula is C14H21N3O. The fourth-order valence-electron chi connectivity index (χ4n) is 2.24. The van der Waals surface area contributed by atoms with Crippen LogP contribution in [-0.4, -0.2) is 25.5 Å². The first-order valence-electron chi connectivity index (χ1n) is 6.58. The zero-order valence-corrected chi connectivity index (χ0v) is 10.6. The van der Waals surface area contributed by atoms with Crippen LogP contribution in [0.1, 0.15) is 18.4 Å². The molecule has 98 valence electrons. The average Bonchev–Trinajstić information content (AvgIpc) is 2.42. The highest BCUT2D eigenvalue weighted by molar-refractivity contribution is 5.78. The number of nitrogens with one attached hydrogen (secondary N) is 2. The smallest absolute Gasteiger partial charge is 0.223 e. The Bertz CT molecular complexity index is 383. The summed E-state index contributed by atoms with van der Waals surface area (Å²) in [5, 5.41) is 6.28. The van der Waals surface area contributed by atoms with E-state index in [1.165, 1.54) is 5.56 Å². The van der Waals surface area contributed by atoms with Crippen molar-refractivity contribution in [2.45, 2.75) is 19.3 Å². The number of rotatable bonds is 4. The average molecular weight is 247 g/mol. The van der Waals surface area contributed by atoms with Gasteiger partial charge in [0.25, 0.3) is 0 Å². The highest BCUT2D eigenvalue weighted by Crippen LogP contribution is 2.11. The second-order valence-corrected chi connectivity index (χ2v) is 4.81. The van der Waals surface area contributed by atoms with Crippen molar-refractivity contribution in [3.63, 3.8) is 0 Å². The summed E-state index contributed by atoms with van der Waals surface area (Å²) >= 11 is 0. The van der Waals surface area contributed by atoms with Crippen molar-refractivity contribution in [2.75, 3.05) is 25.4 Å². The Balaban J connectivity index is 1.71. The Morgan fingerprint density at radius 2 is 1.94 bits per heavy atom. The molecule has 0 aliphatic carbocycles. The van der Waals surface area contributed by atoms with Gasteiger partial charge < -0.3 is 16.4 Å². The summed E-state index contributed by atoms with van der Waals surface area (Å²) in [5.74, 6) is 0.393. The van der Waals surface area contributed by atoms with Crippen molar-refractivity contribution >= 4 is 11.6 Å². The number of amides is 1. The lowest BCUT2D eigenvalue weighted by Gasteiger charge is -2.21. The minimum Gasteiger partial charge on any atom is -0.399 e. The SMILES string of the molecule is Nc1ccc(CCNC(=O)C2CCNCC2)cc1. The zero-order chi connectivity index (χ0) is 12.8. The van der Waals surface area contributed by atoms with Crippen molar-refractivity contribution in [1.82, 2.24) is 10.6 Å². The maximum Gasteiger partial charge on any atom is 0.223 e. The Labute approximate surface area is 108 Å². The van der Waals surface area contributed by atoms with Gasteiger partial charge in [0.05, 0.1) is 0 Å². The largest absolute Gasteiger partial charge is 0.399 e. The lowest BCUT2D eigenvalue weighted by Crippen LogP contribution is -2.38. The summed E-state index contributed by atoms with van der Waals surface area (Å²) in [5.41, 5.74) is 7.60. The number of hydrogen-bond donors (Lipinski definition) is 3. The van der Waals surface area contributed by atoms with Crippen molar-refractivity contribution < 1.29 is 4.79 Å². The number of piperidine rings is 1. The van der Waals surface area contributed by atoms with Crippen molar-refractivity contribution in [3.8, 4) is 0 Å². The molecule has 18 heavy (non-hydrogen) atoms. The van der Waals surface area contributed by atoms with Crippen LogP contribution in [0.2, 0.25) is 0 Å². The van der Waals surface area contributed by atoms with Crippen LogP contribution < -0.4 is 16.4 Å². The minimum atomic E-state index is 0.192. The molecule has 1 aromatic rings. The van der Waals surface area contributed by atoms with Gasteiger partial charge in [-0.3, -0.25) is 4.79 Å². The summed E-state index contributed by atoms with van der Waals surface area (Å²) in [6.07, 6.45) is 2.76. The van der Waals surface area contributed by atoms with Crippen LogP contribution in [0.3, 0.4) is 0 Å².